The van der Waals surface area contributed by atoms with E-state index in [1.807, 2.05) is 24.3 Å². The monoisotopic (exact) mass is 400 g/mol. The zero-order valence-corrected chi connectivity index (χ0v) is 14.5. The number of benzene rings is 2. The first kappa shape index (κ1) is 16.8. The number of halogens is 1. The normalized spacial score (nSPS) is 10.4. The van der Waals surface area contributed by atoms with Crippen molar-refractivity contribution in [2.45, 2.75) is 6.54 Å². The first-order valence-corrected chi connectivity index (χ1v) is 8.13. The first-order chi connectivity index (χ1) is 12.0. The third kappa shape index (κ3) is 3.92. The van der Waals surface area contributed by atoms with Gasteiger partial charge in [0.1, 0.15) is 5.69 Å². The highest BCUT2D eigenvalue weighted by Crippen LogP contribution is 2.24. The Kier molecular flexibility index (Phi) is 4.90. The van der Waals surface area contributed by atoms with Crippen molar-refractivity contribution < 1.29 is 9.72 Å². The van der Waals surface area contributed by atoms with Gasteiger partial charge in [-0.2, -0.15) is 0 Å². The van der Waals surface area contributed by atoms with Crippen molar-refractivity contribution in [2.24, 2.45) is 0 Å². The summed E-state index contributed by atoms with van der Waals surface area (Å²) < 4.78 is 2.45. The lowest BCUT2D eigenvalue weighted by Gasteiger charge is -2.08. The highest BCUT2D eigenvalue weighted by atomic mass is 79.9. The number of aromatic nitrogens is 2. The van der Waals surface area contributed by atoms with Crippen LogP contribution in [0.5, 0.6) is 0 Å². The van der Waals surface area contributed by atoms with Crippen molar-refractivity contribution in [1.82, 2.24) is 14.9 Å². The molecule has 1 N–H and O–H groups in total. The number of imidazole rings is 1. The molecule has 0 radical (unpaired) electrons. The second-order valence-electron chi connectivity index (χ2n) is 5.24. The molecule has 0 spiro atoms. The number of rotatable bonds is 5. The van der Waals surface area contributed by atoms with Crippen molar-refractivity contribution >= 4 is 27.5 Å². The Labute approximate surface area is 151 Å². The predicted octanol–water partition coefficient (Wildman–Crippen LogP) is 3.47. The van der Waals surface area contributed by atoms with Crippen LogP contribution in [0, 0.1) is 10.1 Å². The zero-order valence-electron chi connectivity index (χ0n) is 12.9. The van der Waals surface area contributed by atoms with Gasteiger partial charge in [0.05, 0.1) is 11.3 Å². The summed E-state index contributed by atoms with van der Waals surface area (Å²) in [6.07, 6.45) is 4.60. The second kappa shape index (κ2) is 7.27. The van der Waals surface area contributed by atoms with Gasteiger partial charge in [-0.1, -0.05) is 28.1 Å². The van der Waals surface area contributed by atoms with Crippen LogP contribution in [-0.2, 0) is 6.54 Å². The van der Waals surface area contributed by atoms with E-state index in [-0.39, 0.29) is 17.2 Å². The maximum atomic E-state index is 12.3. The number of amides is 1. The summed E-state index contributed by atoms with van der Waals surface area (Å²) in [5, 5.41) is 14.1. The van der Waals surface area contributed by atoms with E-state index in [4.69, 9.17) is 0 Å². The molecule has 2 aromatic carbocycles. The topological polar surface area (TPSA) is 90.1 Å². The van der Waals surface area contributed by atoms with Gasteiger partial charge < -0.3 is 9.88 Å². The number of nitrogens with zero attached hydrogens (tertiary/aromatic N) is 3. The van der Waals surface area contributed by atoms with E-state index < -0.39 is 4.92 Å². The molecule has 0 saturated carbocycles. The van der Waals surface area contributed by atoms with Crippen LogP contribution in [-0.4, -0.2) is 20.4 Å². The lowest BCUT2D eigenvalue weighted by atomic mass is 10.1. The molecule has 1 heterocycles. The minimum atomic E-state index is -0.513. The van der Waals surface area contributed by atoms with E-state index >= 15 is 0 Å². The summed E-state index contributed by atoms with van der Waals surface area (Å²) in [7, 11) is 0. The number of nitrogens with one attached hydrogen (secondary N) is 1. The Morgan fingerprint density at radius 3 is 2.80 bits per heavy atom. The standard InChI is InChI=1S/C17H13BrN4O3/c18-14-3-1-2-12(8-14)10-20-17(23)13-4-5-15(16(9-13)22(24)25)21-7-6-19-11-21/h1-9,11H,10H2,(H,20,23). The Bertz CT molecular complexity index is 925. The van der Waals surface area contributed by atoms with Gasteiger partial charge in [-0.05, 0) is 29.8 Å². The van der Waals surface area contributed by atoms with E-state index in [0.717, 1.165) is 10.0 Å². The second-order valence-corrected chi connectivity index (χ2v) is 6.16. The fourth-order valence-electron chi connectivity index (χ4n) is 2.36. The van der Waals surface area contributed by atoms with Crippen LogP contribution in [0.2, 0.25) is 0 Å². The van der Waals surface area contributed by atoms with Gasteiger partial charge >= 0.3 is 0 Å². The van der Waals surface area contributed by atoms with E-state index in [9.17, 15) is 14.9 Å². The van der Waals surface area contributed by atoms with Crippen LogP contribution in [0.1, 0.15) is 15.9 Å². The fraction of sp³-hybridized carbons (Fsp3) is 0.0588. The summed E-state index contributed by atoms with van der Waals surface area (Å²) in [4.78, 5) is 27.0. The third-order valence-electron chi connectivity index (χ3n) is 3.56. The number of carbonyl (C=O) groups excluding carboxylic acids is 1. The van der Waals surface area contributed by atoms with Crippen molar-refractivity contribution in [3.63, 3.8) is 0 Å². The van der Waals surface area contributed by atoms with Gasteiger partial charge in [-0.25, -0.2) is 4.98 Å². The van der Waals surface area contributed by atoms with Gasteiger partial charge in [-0.3, -0.25) is 14.9 Å². The fourth-order valence-corrected chi connectivity index (χ4v) is 2.81. The van der Waals surface area contributed by atoms with Crippen LogP contribution in [0.25, 0.3) is 5.69 Å². The Morgan fingerprint density at radius 2 is 2.12 bits per heavy atom. The summed E-state index contributed by atoms with van der Waals surface area (Å²) in [5.74, 6) is -0.375. The number of hydrogen-bond donors (Lipinski definition) is 1. The molecule has 126 valence electrons. The summed E-state index contributed by atoms with van der Waals surface area (Å²) in [5.41, 5.74) is 1.34. The van der Waals surface area contributed by atoms with Crippen LogP contribution < -0.4 is 5.32 Å². The van der Waals surface area contributed by atoms with Gasteiger partial charge in [0.25, 0.3) is 11.6 Å². The molecule has 7 nitrogen and oxygen atoms in total. The molecule has 0 unspecified atom stereocenters. The molecule has 0 saturated heterocycles. The average Bonchev–Trinajstić information content (AvgIpc) is 3.13. The highest BCUT2D eigenvalue weighted by molar-refractivity contribution is 9.10. The molecule has 3 rings (SSSR count). The highest BCUT2D eigenvalue weighted by Gasteiger charge is 2.18. The number of hydrogen-bond acceptors (Lipinski definition) is 4. The Hall–Kier alpha value is -3.00. The molecule has 1 aromatic heterocycles. The van der Waals surface area contributed by atoms with Crippen LogP contribution in [0.15, 0.2) is 65.7 Å². The summed E-state index contributed by atoms with van der Waals surface area (Å²) in [6, 6.07) is 11.9. The van der Waals surface area contributed by atoms with E-state index in [2.05, 4.69) is 26.2 Å². The largest absolute Gasteiger partial charge is 0.348 e. The number of nitro groups is 1. The molecule has 1 amide bonds. The smallest absolute Gasteiger partial charge is 0.294 e. The molecular formula is C17H13BrN4O3. The molecule has 0 aliphatic rings. The van der Waals surface area contributed by atoms with Crippen LogP contribution >= 0.6 is 15.9 Å². The average molecular weight is 401 g/mol. The molecule has 0 aliphatic carbocycles. The van der Waals surface area contributed by atoms with Gasteiger partial charge in [-0.15, -0.1) is 0 Å². The molecule has 0 fully saturated rings. The molecule has 0 bridgehead atoms. The van der Waals surface area contributed by atoms with E-state index in [0.29, 0.717) is 12.2 Å². The molecular weight excluding hydrogens is 388 g/mol. The number of nitro benzene ring substituents is 1. The van der Waals surface area contributed by atoms with E-state index in [1.165, 1.54) is 29.2 Å². The quantitative estimate of drug-likeness (QED) is 0.524. The Morgan fingerprint density at radius 1 is 1.28 bits per heavy atom. The summed E-state index contributed by atoms with van der Waals surface area (Å²) in [6.45, 7) is 0.329. The van der Waals surface area contributed by atoms with Crippen LogP contribution in [0.3, 0.4) is 0 Å². The van der Waals surface area contributed by atoms with Gasteiger partial charge in [0.2, 0.25) is 0 Å². The molecule has 8 heteroatoms. The lowest BCUT2D eigenvalue weighted by Crippen LogP contribution is -2.23. The minimum absolute atomic E-state index is 0.159. The van der Waals surface area contributed by atoms with Crippen molar-refractivity contribution in [3.8, 4) is 5.69 Å². The molecule has 0 atom stereocenters. The number of carbonyl (C=O) groups is 1. The van der Waals surface area contributed by atoms with Crippen LogP contribution in [0.4, 0.5) is 5.69 Å². The third-order valence-corrected chi connectivity index (χ3v) is 4.05. The van der Waals surface area contributed by atoms with Crippen molar-refractivity contribution in [2.75, 3.05) is 0 Å². The van der Waals surface area contributed by atoms with E-state index in [1.54, 1.807) is 12.3 Å². The molecule has 3 aromatic rings. The molecule has 25 heavy (non-hydrogen) atoms. The van der Waals surface area contributed by atoms with Gasteiger partial charge in [0.15, 0.2) is 0 Å². The molecule has 0 aliphatic heterocycles. The minimum Gasteiger partial charge on any atom is -0.348 e. The maximum Gasteiger partial charge on any atom is 0.294 e. The summed E-state index contributed by atoms with van der Waals surface area (Å²) >= 11 is 3.37. The predicted molar refractivity (Wildman–Crippen MR) is 95.5 cm³/mol. The zero-order chi connectivity index (χ0) is 17.8. The van der Waals surface area contributed by atoms with Crippen molar-refractivity contribution in [3.05, 3.63) is 86.9 Å². The Balaban J connectivity index is 1.81. The van der Waals surface area contributed by atoms with Gasteiger partial charge in [0, 0.05) is 35.0 Å². The SMILES string of the molecule is O=C(NCc1cccc(Br)c1)c1ccc(-n2ccnc2)c([N+](=O)[O-])c1. The van der Waals surface area contributed by atoms with Crippen molar-refractivity contribution in [1.29, 1.82) is 0 Å². The lowest BCUT2D eigenvalue weighted by molar-refractivity contribution is -0.384. The first-order valence-electron chi connectivity index (χ1n) is 7.34. The maximum absolute atomic E-state index is 12.3.